The third kappa shape index (κ3) is 3.65. The summed E-state index contributed by atoms with van der Waals surface area (Å²) in [6.07, 6.45) is 3.07. The first kappa shape index (κ1) is 19.1. The summed E-state index contributed by atoms with van der Waals surface area (Å²) in [5.74, 6) is 1.76. The van der Waals surface area contributed by atoms with Crippen LogP contribution in [0.15, 0.2) is 54.6 Å². The lowest BCUT2D eigenvalue weighted by atomic mass is 10.0. The number of anilines is 1. The van der Waals surface area contributed by atoms with E-state index in [0.717, 1.165) is 48.0 Å². The van der Waals surface area contributed by atoms with Gasteiger partial charge in [0.25, 0.3) is 5.91 Å². The van der Waals surface area contributed by atoms with Gasteiger partial charge in [0.1, 0.15) is 5.82 Å². The van der Waals surface area contributed by atoms with E-state index in [2.05, 4.69) is 4.90 Å². The molecule has 0 N–H and O–H groups in total. The molecular weight excluding hydrogens is 396 g/mol. The van der Waals surface area contributed by atoms with Gasteiger partial charge in [-0.3, -0.25) is 4.79 Å². The number of hydrogen-bond donors (Lipinski definition) is 0. The SMILES string of the molecule is O=C(c1cccc(Cl)c1)N1CCc2nc(-c3ccccc3)nc(N3CCCC3)c2C1. The highest BCUT2D eigenvalue weighted by Crippen LogP contribution is 2.32. The van der Waals surface area contributed by atoms with Crippen LogP contribution in [0.5, 0.6) is 0 Å². The number of hydrogen-bond acceptors (Lipinski definition) is 4. The van der Waals surface area contributed by atoms with Crippen LogP contribution in [0.3, 0.4) is 0 Å². The second kappa shape index (κ2) is 8.07. The molecule has 1 fully saturated rings. The molecule has 0 unspecified atom stereocenters. The lowest BCUT2D eigenvalue weighted by molar-refractivity contribution is 0.0733. The van der Waals surface area contributed by atoms with Crippen LogP contribution in [0.2, 0.25) is 5.02 Å². The second-order valence-electron chi connectivity index (χ2n) is 7.84. The maximum Gasteiger partial charge on any atom is 0.254 e. The van der Waals surface area contributed by atoms with Gasteiger partial charge in [0, 0.05) is 47.8 Å². The van der Waals surface area contributed by atoms with Gasteiger partial charge in [0.15, 0.2) is 5.82 Å². The van der Waals surface area contributed by atoms with Gasteiger partial charge < -0.3 is 9.80 Å². The zero-order chi connectivity index (χ0) is 20.5. The van der Waals surface area contributed by atoms with Crippen molar-refractivity contribution in [2.45, 2.75) is 25.8 Å². The fourth-order valence-electron chi connectivity index (χ4n) is 4.28. The maximum atomic E-state index is 13.1. The normalized spacial score (nSPS) is 15.9. The standard InChI is InChI=1S/C24H23ClN4O/c25-19-10-6-9-18(15-19)24(30)29-14-11-21-20(16-29)23(28-12-4-5-13-28)27-22(26-21)17-7-2-1-3-8-17/h1-3,6-10,15H,4-5,11-14,16H2. The Bertz CT molecular complexity index is 1080. The second-order valence-corrected chi connectivity index (χ2v) is 8.28. The van der Waals surface area contributed by atoms with E-state index >= 15 is 0 Å². The van der Waals surface area contributed by atoms with Gasteiger partial charge in [-0.25, -0.2) is 9.97 Å². The molecule has 5 rings (SSSR count). The summed E-state index contributed by atoms with van der Waals surface area (Å²) in [7, 11) is 0. The quantitative estimate of drug-likeness (QED) is 0.624. The van der Waals surface area contributed by atoms with Crippen molar-refractivity contribution in [3.05, 3.63) is 76.4 Å². The van der Waals surface area contributed by atoms with Gasteiger partial charge in [0.05, 0.1) is 12.2 Å². The van der Waals surface area contributed by atoms with E-state index in [-0.39, 0.29) is 5.91 Å². The molecule has 6 heteroatoms. The van der Waals surface area contributed by atoms with Gasteiger partial charge >= 0.3 is 0 Å². The Balaban J connectivity index is 1.52. The average Bonchev–Trinajstić information content (AvgIpc) is 3.33. The number of rotatable bonds is 3. The Hall–Kier alpha value is -2.92. The number of nitrogens with zero attached hydrogens (tertiary/aromatic N) is 4. The molecule has 30 heavy (non-hydrogen) atoms. The molecule has 1 saturated heterocycles. The van der Waals surface area contributed by atoms with Crippen molar-refractivity contribution in [3.8, 4) is 11.4 Å². The predicted molar refractivity (Wildman–Crippen MR) is 119 cm³/mol. The zero-order valence-corrected chi connectivity index (χ0v) is 17.5. The van der Waals surface area contributed by atoms with E-state index in [0.29, 0.717) is 23.7 Å². The topological polar surface area (TPSA) is 49.3 Å². The Morgan fingerprint density at radius 1 is 0.933 bits per heavy atom. The Morgan fingerprint density at radius 2 is 1.73 bits per heavy atom. The van der Waals surface area contributed by atoms with E-state index in [1.54, 1.807) is 12.1 Å². The first-order chi connectivity index (χ1) is 14.7. The fraction of sp³-hybridized carbons (Fsp3) is 0.292. The fourth-order valence-corrected chi connectivity index (χ4v) is 4.47. The molecule has 0 radical (unpaired) electrons. The molecule has 2 aliphatic heterocycles. The highest BCUT2D eigenvalue weighted by Gasteiger charge is 2.29. The van der Waals surface area contributed by atoms with Crippen LogP contribution < -0.4 is 4.90 Å². The molecule has 0 saturated carbocycles. The summed E-state index contributed by atoms with van der Waals surface area (Å²) in [4.78, 5) is 27.2. The van der Waals surface area contributed by atoms with Crippen molar-refractivity contribution in [2.24, 2.45) is 0 Å². The van der Waals surface area contributed by atoms with E-state index in [9.17, 15) is 4.79 Å². The van der Waals surface area contributed by atoms with Crippen LogP contribution >= 0.6 is 11.6 Å². The molecule has 5 nitrogen and oxygen atoms in total. The van der Waals surface area contributed by atoms with Crippen molar-refractivity contribution < 1.29 is 4.79 Å². The van der Waals surface area contributed by atoms with Crippen LogP contribution in [0.4, 0.5) is 5.82 Å². The van der Waals surface area contributed by atoms with Crippen LogP contribution in [-0.4, -0.2) is 40.4 Å². The summed E-state index contributed by atoms with van der Waals surface area (Å²) >= 11 is 6.10. The van der Waals surface area contributed by atoms with Gasteiger partial charge in [0.2, 0.25) is 0 Å². The molecule has 1 amide bonds. The van der Waals surface area contributed by atoms with Gasteiger partial charge in [-0.2, -0.15) is 0 Å². The predicted octanol–water partition coefficient (Wildman–Crippen LogP) is 4.60. The van der Waals surface area contributed by atoms with Crippen LogP contribution in [0.1, 0.15) is 34.5 Å². The van der Waals surface area contributed by atoms with Gasteiger partial charge in [-0.15, -0.1) is 0 Å². The minimum Gasteiger partial charge on any atom is -0.356 e. The van der Waals surface area contributed by atoms with Gasteiger partial charge in [-0.1, -0.05) is 48.0 Å². The summed E-state index contributed by atoms with van der Waals surface area (Å²) in [5, 5.41) is 0.576. The number of halogens is 1. The molecule has 2 aliphatic rings. The Morgan fingerprint density at radius 3 is 2.50 bits per heavy atom. The van der Waals surface area contributed by atoms with Crippen LogP contribution in [0, 0.1) is 0 Å². The Labute approximate surface area is 181 Å². The molecule has 0 spiro atoms. The average molecular weight is 419 g/mol. The molecule has 0 atom stereocenters. The monoisotopic (exact) mass is 418 g/mol. The van der Waals surface area contributed by atoms with Crippen LogP contribution in [-0.2, 0) is 13.0 Å². The largest absolute Gasteiger partial charge is 0.356 e. The zero-order valence-electron chi connectivity index (χ0n) is 16.7. The first-order valence-electron chi connectivity index (χ1n) is 10.4. The van der Waals surface area contributed by atoms with Crippen LogP contribution in [0.25, 0.3) is 11.4 Å². The molecule has 1 aromatic heterocycles. The maximum absolute atomic E-state index is 13.1. The smallest absolute Gasteiger partial charge is 0.254 e. The first-order valence-corrected chi connectivity index (χ1v) is 10.8. The van der Waals surface area contributed by atoms with Crippen molar-refractivity contribution in [3.63, 3.8) is 0 Å². The molecule has 152 valence electrons. The number of benzene rings is 2. The number of aromatic nitrogens is 2. The van der Waals surface area contributed by atoms with E-state index in [4.69, 9.17) is 21.6 Å². The number of carbonyl (C=O) groups is 1. The lowest BCUT2D eigenvalue weighted by Gasteiger charge is -2.32. The number of fused-ring (bicyclic) bond motifs is 1. The van der Waals surface area contributed by atoms with Crippen molar-refractivity contribution in [1.82, 2.24) is 14.9 Å². The minimum absolute atomic E-state index is 0.00246. The van der Waals surface area contributed by atoms with E-state index < -0.39 is 0 Å². The van der Waals surface area contributed by atoms with E-state index in [1.807, 2.05) is 47.4 Å². The lowest BCUT2D eigenvalue weighted by Crippen LogP contribution is -2.38. The highest BCUT2D eigenvalue weighted by molar-refractivity contribution is 6.30. The van der Waals surface area contributed by atoms with Crippen molar-refractivity contribution >= 4 is 23.3 Å². The third-order valence-corrected chi connectivity index (χ3v) is 6.07. The molecule has 3 aromatic rings. The van der Waals surface area contributed by atoms with Crippen molar-refractivity contribution in [1.29, 1.82) is 0 Å². The molecular formula is C24H23ClN4O. The molecule has 2 aromatic carbocycles. The van der Waals surface area contributed by atoms with Crippen molar-refractivity contribution in [2.75, 3.05) is 24.5 Å². The Kier molecular flexibility index (Phi) is 5.13. The minimum atomic E-state index is 0.00246. The molecule has 0 aliphatic carbocycles. The molecule has 3 heterocycles. The summed E-state index contributed by atoms with van der Waals surface area (Å²) in [6.45, 7) is 3.17. The van der Waals surface area contributed by atoms with Gasteiger partial charge in [-0.05, 0) is 31.0 Å². The summed E-state index contributed by atoms with van der Waals surface area (Å²) in [6, 6.07) is 17.3. The third-order valence-electron chi connectivity index (χ3n) is 5.83. The molecule has 0 bridgehead atoms. The highest BCUT2D eigenvalue weighted by atomic mass is 35.5. The summed E-state index contributed by atoms with van der Waals surface area (Å²) in [5.41, 5.74) is 3.78. The number of carbonyl (C=O) groups excluding carboxylic acids is 1. The number of amides is 1. The van der Waals surface area contributed by atoms with E-state index in [1.165, 1.54) is 12.8 Å². The summed E-state index contributed by atoms with van der Waals surface area (Å²) < 4.78 is 0.